The van der Waals surface area contributed by atoms with Crippen molar-refractivity contribution in [3.05, 3.63) is 35.9 Å². The van der Waals surface area contributed by atoms with Crippen LogP contribution in [-0.2, 0) is 0 Å². The van der Waals surface area contributed by atoms with Crippen molar-refractivity contribution in [2.45, 2.75) is 13.8 Å². The third-order valence-electron chi connectivity index (χ3n) is 2.16. The molecule has 15 heavy (non-hydrogen) atoms. The molecule has 0 aromatic rings. The lowest BCUT2D eigenvalue weighted by Gasteiger charge is -2.13. The predicted octanol–water partition coefficient (Wildman–Crippen LogP) is 1.40. The van der Waals surface area contributed by atoms with Gasteiger partial charge in [-0.25, -0.2) is 5.43 Å². The van der Waals surface area contributed by atoms with Crippen LogP contribution in [0.5, 0.6) is 0 Å². The number of quaternary nitrogens is 1. The molecule has 3 N–H and O–H groups in total. The molecule has 1 aliphatic heterocycles. The third-order valence-corrected chi connectivity index (χ3v) is 2.98. The lowest BCUT2D eigenvalue weighted by molar-refractivity contribution is -0.620. The van der Waals surface area contributed by atoms with Crippen molar-refractivity contribution < 1.29 is 5.43 Å². The van der Waals surface area contributed by atoms with Gasteiger partial charge in [-0.1, -0.05) is 26.0 Å². The van der Waals surface area contributed by atoms with E-state index in [4.69, 9.17) is 0 Å². The molecule has 0 fully saturated rings. The van der Waals surface area contributed by atoms with E-state index in [0.717, 1.165) is 10.6 Å². The summed E-state index contributed by atoms with van der Waals surface area (Å²) in [6, 6.07) is 0. The zero-order chi connectivity index (χ0) is 11.3. The first-order chi connectivity index (χ1) is 7.09. The van der Waals surface area contributed by atoms with Crippen LogP contribution in [0.2, 0.25) is 0 Å². The number of aliphatic imine (C=N–C) groups is 1. The van der Waals surface area contributed by atoms with Crippen molar-refractivity contribution >= 4 is 17.7 Å². The fourth-order valence-electron chi connectivity index (χ4n) is 1.01. The van der Waals surface area contributed by atoms with E-state index in [1.54, 1.807) is 19.0 Å². The van der Waals surface area contributed by atoms with Crippen molar-refractivity contribution in [1.82, 2.24) is 4.83 Å². The summed E-state index contributed by atoms with van der Waals surface area (Å²) >= 11 is 1.58. The highest BCUT2D eigenvalue weighted by atomic mass is 32.2. The number of rotatable bonds is 4. The summed E-state index contributed by atoms with van der Waals surface area (Å²) < 4.78 is 0. The van der Waals surface area contributed by atoms with Gasteiger partial charge in [0.1, 0.15) is 11.1 Å². The van der Waals surface area contributed by atoms with E-state index < -0.39 is 0 Å². The molecule has 0 saturated carbocycles. The van der Waals surface area contributed by atoms with Crippen molar-refractivity contribution in [1.29, 1.82) is 0 Å². The second-order valence-corrected chi connectivity index (χ2v) is 4.76. The summed E-state index contributed by atoms with van der Waals surface area (Å²) in [7, 11) is 1.81. The summed E-state index contributed by atoms with van der Waals surface area (Å²) in [4.78, 5) is 8.46. The average Bonchev–Trinajstić information content (AvgIpc) is 2.72. The van der Waals surface area contributed by atoms with Crippen molar-refractivity contribution in [2.75, 3.05) is 7.05 Å². The second kappa shape index (κ2) is 5.30. The molecule has 0 bridgehead atoms. The fourth-order valence-corrected chi connectivity index (χ4v) is 1.67. The molecule has 0 unspecified atom stereocenters. The third kappa shape index (κ3) is 3.66. The van der Waals surface area contributed by atoms with E-state index in [2.05, 4.69) is 36.3 Å². The van der Waals surface area contributed by atoms with Gasteiger partial charge in [0.25, 0.3) is 0 Å². The fraction of sp³-hybridized carbons (Fsp3) is 0.364. The molecule has 4 heteroatoms. The molecule has 0 aromatic heterocycles. The minimum atomic E-state index is 0.0108. The molecule has 0 saturated heterocycles. The Bertz CT molecular complexity index is 327. The zero-order valence-corrected chi connectivity index (χ0v) is 10.3. The van der Waals surface area contributed by atoms with Gasteiger partial charge in [0.2, 0.25) is 0 Å². The first-order valence-electron chi connectivity index (χ1n) is 4.85. The molecule has 0 atom stereocenters. The maximum atomic E-state index is 4.25. The highest BCUT2D eigenvalue weighted by molar-refractivity contribution is 8.02. The Hall–Kier alpha value is -0.840. The van der Waals surface area contributed by atoms with Gasteiger partial charge in [-0.2, -0.15) is 0 Å². The van der Waals surface area contributed by atoms with Crippen LogP contribution in [0.3, 0.4) is 0 Å². The van der Waals surface area contributed by atoms with E-state index in [1.807, 2.05) is 23.8 Å². The topological polar surface area (TPSA) is 41.0 Å². The van der Waals surface area contributed by atoms with Gasteiger partial charge in [-0.15, -0.1) is 11.4 Å². The van der Waals surface area contributed by atoms with Gasteiger partial charge >= 0.3 is 0 Å². The van der Waals surface area contributed by atoms with Crippen LogP contribution in [-0.4, -0.2) is 12.8 Å². The Labute approximate surface area is 95.5 Å². The average molecular weight is 224 g/mol. The van der Waals surface area contributed by atoms with Crippen molar-refractivity contribution in [3.63, 3.8) is 0 Å². The summed E-state index contributed by atoms with van der Waals surface area (Å²) in [5, 5.41) is 0. The zero-order valence-electron chi connectivity index (χ0n) is 9.45. The lowest BCUT2D eigenvalue weighted by atomic mass is 9.93. The van der Waals surface area contributed by atoms with Crippen LogP contribution in [0.1, 0.15) is 13.8 Å². The Morgan fingerprint density at radius 3 is 2.87 bits per heavy atom. The van der Waals surface area contributed by atoms with Crippen LogP contribution in [0.25, 0.3) is 0 Å². The largest absolute Gasteiger partial charge is 0.287 e. The van der Waals surface area contributed by atoms with Crippen LogP contribution in [0.4, 0.5) is 0 Å². The SMILES string of the molecule is C=CC(C)(C)/C=C\C(=NC)C1=C[NH2+]NS1. The van der Waals surface area contributed by atoms with E-state index in [0.29, 0.717) is 0 Å². The number of nitrogens with one attached hydrogen (secondary N) is 1. The highest BCUT2D eigenvalue weighted by Crippen LogP contribution is 2.20. The van der Waals surface area contributed by atoms with Crippen LogP contribution in [0, 0.1) is 5.41 Å². The molecule has 0 aliphatic carbocycles. The summed E-state index contributed by atoms with van der Waals surface area (Å²) in [5.74, 6) is 0. The molecule has 0 aromatic carbocycles. The molecule has 1 heterocycles. The maximum absolute atomic E-state index is 4.25. The molecule has 82 valence electrons. The molecular weight excluding hydrogens is 206 g/mol. The number of hydrogen-bond donors (Lipinski definition) is 2. The quantitative estimate of drug-likeness (QED) is 0.328. The molecule has 1 aliphatic rings. The van der Waals surface area contributed by atoms with E-state index >= 15 is 0 Å². The second-order valence-electron chi connectivity index (χ2n) is 3.89. The minimum absolute atomic E-state index is 0.0108. The van der Waals surface area contributed by atoms with Crippen molar-refractivity contribution in [3.8, 4) is 0 Å². The van der Waals surface area contributed by atoms with E-state index in [9.17, 15) is 0 Å². The Kier molecular flexibility index (Phi) is 4.32. The molecule has 1 rings (SSSR count). The standard InChI is InChI=1S/C11H17N3S/c1-5-11(2,3)7-6-9(12-4)10-8-13-14-15-10/h5-8,13-14H,1H2,2-4H3/p+1/b7-6-,12-9?. The molecule has 0 amide bonds. The van der Waals surface area contributed by atoms with Gasteiger partial charge < -0.3 is 0 Å². The normalized spacial score (nSPS) is 18.3. The first kappa shape index (κ1) is 12.2. The van der Waals surface area contributed by atoms with Gasteiger partial charge in [0.05, 0.1) is 5.71 Å². The lowest BCUT2D eigenvalue weighted by Crippen LogP contribution is -2.83. The summed E-state index contributed by atoms with van der Waals surface area (Å²) in [6.07, 6.45) is 8.11. The van der Waals surface area contributed by atoms with Gasteiger partial charge in [0, 0.05) is 24.4 Å². The predicted molar refractivity (Wildman–Crippen MR) is 67.2 cm³/mol. The maximum Gasteiger partial charge on any atom is 0.130 e. The Balaban J connectivity index is 2.74. The number of nitrogens with two attached hydrogens (primary N) is 1. The molecule has 0 radical (unpaired) electrons. The number of allylic oxidation sites excluding steroid dienone is 4. The van der Waals surface area contributed by atoms with Gasteiger partial charge in [-0.3, -0.25) is 4.99 Å². The summed E-state index contributed by atoms with van der Waals surface area (Å²) in [6.45, 7) is 8.03. The monoisotopic (exact) mass is 224 g/mol. The number of nitrogens with zero attached hydrogens (tertiary/aromatic N) is 1. The van der Waals surface area contributed by atoms with Crippen LogP contribution in [0.15, 0.2) is 40.9 Å². The van der Waals surface area contributed by atoms with E-state index in [-0.39, 0.29) is 5.41 Å². The Morgan fingerprint density at radius 2 is 2.40 bits per heavy atom. The highest BCUT2D eigenvalue weighted by Gasteiger charge is 2.14. The summed E-state index contributed by atoms with van der Waals surface area (Å²) in [5.41, 5.74) is 2.92. The van der Waals surface area contributed by atoms with Crippen LogP contribution < -0.4 is 10.3 Å². The van der Waals surface area contributed by atoms with Crippen molar-refractivity contribution in [2.24, 2.45) is 10.4 Å². The molecular formula is C11H18N3S+. The Morgan fingerprint density at radius 1 is 1.67 bits per heavy atom. The number of hydrogen-bond acceptors (Lipinski definition) is 3. The minimum Gasteiger partial charge on any atom is -0.287 e. The van der Waals surface area contributed by atoms with Gasteiger partial charge in [0.15, 0.2) is 0 Å². The van der Waals surface area contributed by atoms with E-state index in [1.165, 1.54) is 0 Å². The molecule has 3 nitrogen and oxygen atoms in total. The van der Waals surface area contributed by atoms with Crippen LogP contribution >= 0.6 is 11.9 Å². The van der Waals surface area contributed by atoms with Gasteiger partial charge in [-0.05, 0) is 6.08 Å². The smallest absolute Gasteiger partial charge is 0.130 e. The first-order valence-corrected chi connectivity index (χ1v) is 5.66. The molecule has 0 spiro atoms.